The Morgan fingerprint density at radius 2 is 1.97 bits per heavy atom. The van der Waals surface area contributed by atoms with E-state index in [9.17, 15) is 15.0 Å². The van der Waals surface area contributed by atoms with Crippen molar-refractivity contribution in [1.29, 1.82) is 0 Å². The van der Waals surface area contributed by atoms with Crippen LogP contribution < -0.4 is 0 Å². The van der Waals surface area contributed by atoms with E-state index in [0.29, 0.717) is 13.2 Å². The zero-order valence-electron chi connectivity index (χ0n) is 19.4. The number of carboxylic acid groups (broad SMARTS) is 1. The van der Waals surface area contributed by atoms with E-state index in [1.54, 1.807) is 0 Å². The fourth-order valence-corrected chi connectivity index (χ4v) is 4.41. The Bertz CT molecular complexity index is 868. The number of aliphatic hydroxyl groups is 1. The molecule has 0 saturated heterocycles. The quantitative estimate of drug-likeness (QED) is 0.452. The fraction of sp³-hybridized carbons (Fsp3) is 0.636. The van der Waals surface area contributed by atoms with Gasteiger partial charge in [-0.05, 0) is 57.4 Å². The lowest BCUT2D eigenvalue weighted by Gasteiger charge is -2.39. The van der Waals surface area contributed by atoms with Crippen LogP contribution in [0.1, 0.15) is 31.9 Å². The van der Waals surface area contributed by atoms with Gasteiger partial charge in [0.05, 0.1) is 18.2 Å². The number of aryl methyl sites for hydroxylation is 1. The van der Waals surface area contributed by atoms with Crippen molar-refractivity contribution in [1.82, 2.24) is 14.7 Å². The van der Waals surface area contributed by atoms with Gasteiger partial charge < -0.3 is 14.9 Å². The van der Waals surface area contributed by atoms with E-state index in [0.717, 1.165) is 34.7 Å². The van der Waals surface area contributed by atoms with E-state index in [1.165, 1.54) is 4.90 Å². The Kier molecular flexibility index (Phi) is 7.71. The Morgan fingerprint density at radius 3 is 2.50 bits per heavy atom. The first-order valence-corrected chi connectivity index (χ1v) is 14.2. The monoisotopic (exact) mass is 435 g/mol. The maximum Gasteiger partial charge on any atom is 0.408 e. The van der Waals surface area contributed by atoms with Gasteiger partial charge in [-0.25, -0.2) is 9.48 Å². The highest BCUT2D eigenvalue weighted by atomic mass is 28.3. The molecule has 0 aliphatic heterocycles. The summed E-state index contributed by atoms with van der Waals surface area (Å²) in [6.07, 6.45) is 1.38. The normalized spacial score (nSPS) is 13.6. The van der Waals surface area contributed by atoms with Crippen LogP contribution in [-0.4, -0.2) is 63.9 Å². The van der Waals surface area contributed by atoms with Gasteiger partial charge in [0.2, 0.25) is 0 Å². The third-order valence-corrected chi connectivity index (χ3v) is 6.81. The maximum absolute atomic E-state index is 11.8. The summed E-state index contributed by atoms with van der Waals surface area (Å²) >= 11 is 0. The van der Waals surface area contributed by atoms with Crippen molar-refractivity contribution >= 4 is 25.1 Å². The number of aliphatic hydroxyl groups excluding tert-OH is 1. The lowest BCUT2D eigenvalue weighted by Crippen LogP contribution is -2.53. The fourth-order valence-electron chi connectivity index (χ4n) is 3.66. The van der Waals surface area contributed by atoms with Crippen LogP contribution in [0.5, 0.6) is 0 Å². The minimum absolute atomic E-state index is 0.231. The van der Waals surface area contributed by atoms with E-state index in [1.807, 2.05) is 50.7 Å². The van der Waals surface area contributed by atoms with Crippen LogP contribution >= 0.6 is 0 Å². The van der Waals surface area contributed by atoms with Gasteiger partial charge in [0.15, 0.2) is 0 Å². The van der Waals surface area contributed by atoms with Crippen molar-refractivity contribution in [2.45, 2.75) is 78.1 Å². The minimum atomic E-state index is -1.11. The molecule has 0 saturated carbocycles. The number of fused-ring (bicyclic) bond motifs is 1. The smallest absolute Gasteiger partial charge is 0.408 e. The Balaban J connectivity index is 2.18. The number of ether oxygens (including phenoxy) is 1. The number of carbonyl (C=O) groups is 1. The summed E-state index contributed by atoms with van der Waals surface area (Å²) < 4.78 is 7.62. The van der Waals surface area contributed by atoms with E-state index >= 15 is 0 Å². The van der Waals surface area contributed by atoms with E-state index in [-0.39, 0.29) is 6.61 Å². The van der Waals surface area contributed by atoms with Crippen molar-refractivity contribution in [3.63, 3.8) is 0 Å². The van der Waals surface area contributed by atoms with Crippen molar-refractivity contribution in [3.05, 3.63) is 29.5 Å². The number of benzene rings is 1. The second-order valence-corrected chi connectivity index (χ2v) is 15.9. The van der Waals surface area contributed by atoms with Gasteiger partial charge in [0, 0.05) is 31.8 Å². The predicted molar refractivity (Wildman–Crippen MR) is 123 cm³/mol. The van der Waals surface area contributed by atoms with Gasteiger partial charge in [-0.1, -0.05) is 25.7 Å². The molecule has 1 atom stereocenters. The highest BCUT2D eigenvalue weighted by Crippen LogP contribution is 2.24. The number of aromatic nitrogens is 2. The molecule has 1 aromatic heterocycles. The van der Waals surface area contributed by atoms with Crippen LogP contribution in [0.25, 0.3) is 10.9 Å². The molecule has 0 spiro atoms. The molecule has 1 aromatic carbocycles. The SMILES string of the molecule is Cc1cc(CC(CO)N(C(=O)O)C(C)(C)C)cc2cn(COCC[Si](C)(C)C)nc12. The van der Waals surface area contributed by atoms with Gasteiger partial charge in [0.25, 0.3) is 0 Å². The molecule has 0 bridgehead atoms. The van der Waals surface area contributed by atoms with Crippen LogP contribution in [0.3, 0.4) is 0 Å². The molecule has 2 N–H and O–H groups in total. The number of nitrogens with zero attached hydrogens (tertiary/aromatic N) is 3. The first kappa shape index (κ1) is 24.4. The molecule has 0 aliphatic carbocycles. The Labute approximate surface area is 180 Å². The molecule has 0 radical (unpaired) electrons. The van der Waals surface area contributed by atoms with Crippen LogP contribution in [0.2, 0.25) is 25.7 Å². The van der Waals surface area contributed by atoms with E-state index < -0.39 is 25.7 Å². The first-order valence-electron chi connectivity index (χ1n) is 10.5. The van der Waals surface area contributed by atoms with Gasteiger partial charge in [0.1, 0.15) is 6.73 Å². The summed E-state index contributed by atoms with van der Waals surface area (Å²) in [5, 5.41) is 25.2. The number of hydrogen-bond donors (Lipinski definition) is 2. The third kappa shape index (κ3) is 6.55. The number of rotatable bonds is 9. The van der Waals surface area contributed by atoms with Crippen LogP contribution in [0.4, 0.5) is 4.79 Å². The second-order valence-electron chi connectivity index (χ2n) is 10.2. The molecule has 0 aliphatic rings. The highest BCUT2D eigenvalue weighted by molar-refractivity contribution is 6.76. The first-order chi connectivity index (χ1) is 13.8. The van der Waals surface area contributed by atoms with Gasteiger partial charge in [-0.2, -0.15) is 5.10 Å². The van der Waals surface area contributed by atoms with Crippen LogP contribution in [0, 0.1) is 6.92 Å². The summed E-state index contributed by atoms with van der Waals surface area (Å²) in [5.74, 6) is 0. The molecule has 1 unspecified atom stereocenters. The number of hydrogen-bond acceptors (Lipinski definition) is 4. The minimum Gasteiger partial charge on any atom is -0.465 e. The summed E-state index contributed by atoms with van der Waals surface area (Å²) in [4.78, 5) is 13.1. The third-order valence-electron chi connectivity index (χ3n) is 5.10. The molecule has 7 nitrogen and oxygen atoms in total. The summed E-state index contributed by atoms with van der Waals surface area (Å²) in [6.45, 7) is 15.4. The van der Waals surface area contributed by atoms with E-state index in [4.69, 9.17) is 4.74 Å². The topological polar surface area (TPSA) is 87.8 Å². The lowest BCUT2D eigenvalue weighted by atomic mass is 9.97. The van der Waals surface area contributed by atoms with Crippen molar-refractivity contribution in [2.24, 2.45) is 0 Å². The molecule has 2 aromatic rings. The average Bonchev–Trinajstić information content (AvgIpc) is 2.99. The molecule has 30 heavy (non-hydrogen) atoms. The number of amides is 1. The van der Waals surface area contributed by atoms with Gasteiger partial charge in [-0.3, -0.25) is 4.90 Å². The lowest BCUT2D eigenvalue weighted by molar-refractivity contribution is 0.0465. The summed E-state index contributed by atoms with van der Waals surface area (Å²) in [7, 11) is -1.11. The van der Waals surface area contributed by atoms with Crippen LogP contribution in [0.15, 0.2) is 18.3 Å². The molecule has 168 valence electrons. The predicted octanol–water partition coefficient (Wildman–Crippen LogP) is 4.34. The molecule has 2 rings (SSSR count). The van der Waals surface area contributed by atoms with Crippen molar-refractivity contribution < 1.29 is 19.7 Å². The Hall–Kier alpha value is -1.90. The summed E-state index contributed by atoms with van der Waals surface area (Å²) in [6, 6.07) is 4.66. The molecular weight excluding hydrogens is 398 g/mol. The largest absolute Gasteiger partial charge is 0.465 e. The summed E-state index contributed by atoms with van der Waals surface area (Å²) in [5.41, 5.74) is 2.32. The van der Waals surface area contributed by atoms with Crippen LogP contribution in [-0.2, 0) is 17.9 Å². The zero-order chi connectivity index (χ0) is 22.7. The average molecular weight is 436 g/mol. The van der Waals surface area contributed by atoms with Gasteiger partial charge >= 0.3 is 6.09 Å². The maximum atomic E-state index is 11.8. The Morgan fingerprint density at radius 1 is 1.30 bits per heavy atom. The molecule has 0 fully saturated rings. The molecule has 8 heteroatoms. The molecule has 1 heterocycles. The van der Waals surface area contributed by atoms with Crippen molar-refractivity contribution in [2.75, 3.05) is 13.2 Å². The van der Waals surface area contributed by atoms with E-state index in [2.05, 4.69) is 24.7 Å². The van der Waals surface area contributed by atoms with Crippen molar-refractivity contribution in [3.8, 4) is 0 Å². The van der Waals surface area contributed by atoms with Gasteiger partial charge in [-0.15, -0.1) is 0 Å². The highest BCUT2D eigenvalue weighted by Gasteiger charge is 2.33. The molecule has 1 amide bonds. The molecular formula is C22H37N3O4Si. The second kappa shape index (κ2) is 9.49. The standard InChI is InChI=1S/C22H37N3O4Si/c1-16-10-17(12-19(14-26)25(21(27)28)22(2,3)4)11-18-13-24(23-20(16)18)15-29-8-9-30(5,6)7/h10-11,13,19,26H,8-9,12,14-15H2,1-7H3,(H,27,28). The zero-order valence-corrected chi connectivity index (χ0v) is 20.4.